The normalized spacial score (nSPS) is 19.9. The van der Waals surface area contributed by atoms with Crippen LogP contribution in [0.2, 0.25) is 5.02 Å². The molecule has 1 aliphatic heterocycles. The summed E-state index contributed by atoms with van der Waals surface area (Å²) in [5.74, 6) is 0.133. The van der Waals surface area contributed by atoms with Crippen molar-refractivity contribution >= 4 is 23.2 Å². The van der Waals surface area contributed by atoms with Gasteiger partial charge in [-0.2, -0.15) is 0 Å². The largest absolute Gasteiger partial charge is 0.369 e. The van der Waals surface area contributed by atoms with E-state index in [4.69, 9.17) is 11.6 Å². The molecule has 1 fully saturated rings. The first-order valence-electron chi connectivity index (χ1n) is 10.2. The molecule has 148 valence electrons. The van der Waals surface area contributed by atoms with E-state index in [9.17, 15) is 4.79 Å². The number of anilines is 1. The summed E-state index contributed by atoms with van der Waals surface area (Å²) in [4.78, 5) is 17.3. The minimum atomic E-state index is 0.133. The number of piperazine rings is 1. The summed E-state index contributed by atoms with van der Waals surface area (Å²) >= 11 is 6.17. The summed E-state index contributed by atoms with van der Waals surface area (Å²) < 4.78 is 0. The van der Waals surface area contributed by atoms with Gasteiger partial charge < -0.3 is 10.2 Å². The summed E-state index contributed by atoms with van der Waals surface area (Å²) in [5.41, 5.74) is 5.12. The van der Waals surface area contributed by atoms with Crippen molar-refractivity contribution in [3.8, 4) is 0 Å². The maximum absolute atomic E-state index is 12.7. The van der Waals surface area contributed by atoms with Gasteiger partial charge >= 0.3 is 0 Å². The number of carbonyl (C=O) groups is 1. The third kappa shape index (κ3) is 4.34. The number of rotatable bonds is 4. The number of carbonyl (C=O) groups excluding carboxylic acids is 1. The topological polar surface area (TPSA) is 35.6 Å². The van der Waals surface area contributed by atoms with Crippen LogP contribution in [0, 0.1) is 6.92 Å². The van der Waals surface area contributed by atoms with E-state index in [-0.39, 0.29) is 11.9 Å². The maximum Gasteiger partial charge on any atom is 0.234 e. The fourth-order valence-corrected chi connectivity index (χ4v) is 4.58. The van der Waals surface area contributed by atoms with Crippen molar-refractivity contribution in [2.45, 2.75) is 32.2 Å². The number of benzene rings is 2. The molecular weight excluding hydrogens is 370 g/mol. The molecule has 2 aliphatic rings. The van der Waals surface area contributed by atoms with Crippen molar-refractivity contribution in [2.24, 2.45) is 0 Å². The number of hydrogen-bond acceptors (Lipinski definition) is 3. The lowest BCUT2D eigenvalue weighted by Crippen LogP contribution is -2.50. The number of fused-ring (bicyclic) bond motifs is 1. The molecule has 1 atom stereocenters. The second kappa shape index (κ2) is 8.54. The van der Waals surface area contributed by atoms with Crippen LogP contribution in [-0.4, -0.2) is 43.5 Å². The number of hydrogen-bond donors (Lipinski definition) is 1. The van der Waals surface area contributed by atoms with Gasteiger partial charge in [0, 0.05) is 36.9 Å². The fraction of sp³-hybridized carbons (Fsp3) is 0.435. The molecular formula is C23H28ClN3O. The van der Waals surface area contributed by atoms with Crippen LogP contribution in [0.15, 0.2) is 42.5 Å². The van der Waals surface area contributed by atoms with E-state index in [1.807, 2.05) is 12.1 Å². The number of halogens is 1. The van der Waals surface area contributed by atoms with Crippen molar-refractivity contribution in [1.82, 2.24) is 10.2 Å². The predicted molar refractivity (Wildman–Crippen MR) is 115 cm³/mol. The Balaban J connectivity index is 1.31. The molecule has 0 spiro atoms. The van der Waals surface area contributed by atoms with Crippen molar-refractivity contribution in [2.75, 3.05) is 37.6 Å². The minimum Gasteiger partial charge on any atom is -0.369 e. The molecule has 0 radical (unpaired) electrons. The zero-order valence-electron chi connectivity index (χ0n) is 16.5. The summed E-state index contributed by atoms with van der Waals surface area (Å²) in [6.07, 6.45) is 3.29. The third-order valence-electron chi connectivity index (χ3n) is 5.96. The Morgan fingerprint density at radius 3 is 2.75 bits per heavy atom. The first-order valence-corrected chi connectivity index (χ1v) is 10.6. The van der Waals surface area contributed by atoms with Crippen molar-refractivity contribution in [1.29, 1.82) is 0 Å². The zero-order valence-corrected chi connectivity index (χ0v) is 17.2. The molecule has 2 aromatic carbocycles. The molecule has 2 aromatic rings. The van der Waals surface area contributed by atoms with Crippen molar-refractivity contribution < 1.29 is 4.79 Å². The van der Waals surface area contributed by atoms with E-state index in [1.165, 1.54) is 22.4 Å². The average molecular weight is 398 g/mol. The van der Waals surface area contributed by atoms with Crippen LogP contribution in [0.3, 0.4) is 0 Å². The van der Waals surface area contributed by atoms with Crippen LogP contribution in [-0.2, 0) is 11.2 Å². The molecule has 0 saturated carbocycles. The average Bonchev–Trinajstić information content (AvgIpc) is 2.71. The van der Waals surface area contributed by atoms with Gasteiger partial charge in [0.15, 0.2) is 0 Å². The van der Waals surface area contributed by atoms with E-state index in [1.54, 1.807) is 0 Å². The van der Waals surface area contributed by atoms with E-state index >= 15 is 0 Å². The third-order valence-corrected chi connectivity index (χ3v) is 6.19. The Kier molecular flexibility index (Phi) is 5.88. The lowest BCUT2D eigenvalue weighted by molar-refractivity contribution is -0.123. The summed E-state index contributed by atoms with van der Waals surface area (Å²) in [6.45, 7) is 6.21. The standard InChI is InChI=1S/C23H28ClN3O/c1-17-9-10-19(24)15-22(17)27-13-11-26(12-14-27)16-23(28)25-21-8-4-6-18-5-2-3-7-20(18)21/h2-3,5,7,9-10,15,21H,4,6,8,11-14,16H2,1H3,(H,25,28)/t21-/m1/s1. The molecule has 1 heterocycles. The van der Waals surface area contributed by atoms with Crippen LogP contribution < -0.4 is 10.2 Å². The Morgan fingerprint density at radius 1 is 1.14 bits per heavy atom. The van der Waals surface area contributed by atoms with Gasteiger partial charge in [0.05, 0.1) is 12.6 Å². The minimum absolute atomic E-state index is 0.133. The quantitative estimate of drug-likeness (QED) is 0.848. The number of amides is 1. The highest BCUT2D eigenvalue weighted by Crippen LogP contribution is 2.29. The second-order valence-electron chi connectivity index (χ2n) is 7.91. The summed E-state index contributed by atoms with van der Waals surface area (Å²) in [5, 5.41) is 4.04. The Morgan fingerprint density at radius 2 is 1.93 bits per heavy atom. The molecule has 4 nitrogen and oxygen atoms in total. The highest BCUT2D eigenvalue weighted by Gasteiger charge is 2.24. The van der Waals surface area contributed by atoms with E-state index in [0.29, 0.717) is 6.54 Å². The summed E-state index contributed by atoms with van der Waals surface area (Å²) in [7, 11) is 0. The Labute approximate surface area is 172 Å². The van der Waals surface area contributed by atoms with Gasteiger partial charge in [-0.15, -0.1) is 0 Å². The van der Waals surface area contributed by atoms with Crippen LogP contribution in [0.5, 0.6) is 0 Å². The predicted octanol–water partition coefficient (Wildman–Crippen LogP) is 3.96. The molecule has 1 N–H and O–H groups in total. The van der Waals surface area contributed by atoms with Gasteiger partial charge in [-0.3, -0.25) is 9.69 Å². The molecule has 0 bridgehead atoms. The first kappa shape index (κ1) is 19.3. The zero-order chi connectivity index (χ0) is 19.5. The van der Waals surface area contributed by atoms with Crippen LogP contribution in [0.25, 0.3) is 0 Å². The van der Waals surface area contributed by atoms with Gasteiger partial charge in [0.25, 0.3) is 0 Å². The lowest BCUT2D eigenvalue weighted by atomic mass is 9.88. The van der Waals surface area contributed by atoms with Gasteiger partial charge in [-0.25, -0.2) is 0 Å². The van der Waals surface area contributed by atoms with E-state index < -0.39 is 0 Å². The number of nitrogens with zero attached hydrogens (tertiary/aromatic N) is 2. The van der Waals surface area contributed by atoms with E-state index in [2.05, 4.69) is 52.4 Å². The Bertz CT molecular complexity index is 845. The molecule has 0 aromatic heterocycles. The number of aryl methyl sites for hydroxylation is 2. The molecule has 1 amide bonds. The van der Waals surface area contributed by atoms with Crippen LogP contribution in [0.4, 0.5) is 5.69 Å². The molecule has 1 saturated heterocycles. The molecule has 28 heavy (non-hydrogen) atoms. The SMILES string of the molecule is Cc1ccc(Cl)cc1N1CCN(CC(=O)N[C@@H]2CCCc3ccccc32)CC1. The molecule has 0 unspecified atom stereocenters. The smallest absolute Gasteiger partial charge is 0.234 e. The number of nitrogens with one attached hydrogen (secondary N) is 1. The highest BCUT2D eigenvalue weighted by atomic mass is 35.5. The van der Waals surface area contributed by atoms with Gasteiger partial charge in [-0.1, -0.05) is 41.9 Å². The monoisotopic (exact) mass is 397 g/mol. The highest BCUT2D eigenvalue weighted by molar-refractivity contribution is 6.30. The lowest BCUT2D eigenvalue weighted by Gasteiger charge is -2.37. The van der Waals surface area contributed by atoms with Gasteiger partial charge in [0.2, 0.25) is 5.91 Å². The second-order valence-corrected chi connectivity index (χ2v) is 8.34. The van der Waals surface area contributed by atoms with Gasteiger partial charge in [-0.05, 0) is 55.0 Å². The van der Waals surface area contributed by atoms with E-state index in [0.717, 1.165) is 50.5 Å². The Hall–Kier alpha value is -2.04. The van der Waals surface area contributed by atoms with Crippen LogP contribution >= 0.6 is 11.6 Å². The molecule has 1 aliphatic carbocycles. The van der Waals surface area contributed by atoms with Crippen molar-refractivity contribution in [3.63, 3.8) is 0 Å². The molecule has 5 heteroatoms. The maximum atomic E-state index is 12.7. The summed E-state index contributed by atoms with van der Waals surface area (Å²) in [6, 6.07) is 14.7. The van der Waals surface area contributed by atoms with Crippen LogP contribution in [0.1, 0.15) is 35.6 Å². The first-order chi connectivity index (χ1) is 13.6. The van der Waals surface area contributed by atoms with Gasteiger partial charge in [0.1, 0.15) is 0 Å². The molecule has 4 rings (SSSR count). The van der Waals surface area contributed by atoms with Crippen molar-refractivity contribution in [3.05, 3.63) is 64.2 Å². The fourth-order valence-electron chi connectivity index (χ4n) is 4.42.